The Morgan fingerprint density at radius 2 is 1.95 bits per heavy atom. The molecule has 114 valence electrons. The molecule has 0 spiro atoms. The van der Waals surface area contributed by atoms with E-state index in [1.54, 1.807) is 0 Å². The van der Waals surface area contributed by atoms with E-state index in [2.05, 4.69) is 4.74 Å². The molecule has 0 aliphatic carbocycles. The fourth-order valence-corrected chi connectivity index (χ4v) is 1.83. The minimum Gasteiger partial charge on any atom is -0.504 e. The SMILES string of the molecule is COC(=O)c1cc(OCc2ccccc2)c(O)cc1[N+](=O)[O-]. The molecule has 0 atom stereocenters. The molecule has 2 aromatic carbocycles. The lowest BCUT2D eigenvalue weighted by molar-refractivity contribution is -0.385. The van der Waals surface area contributed by atoms with E-state index in [1.165, 1.54) is 0 Å². The van der Waals surface area contributed by atoms with Crippen LogP contribution in [-0.2, 0) is 11.3 Å². The molecule has 0 amide bonds. The molecule has 0 saturated carbocycles. The van der Waals surface area contributed by atoms with Gasteiger partial charge < -0.3 is 14.6 Å². The van der Waals surface area contributed by atoms with Crippen LogP contribution in [0, 0.1) is 10.1 Å². The van der Waals surface area contributed by atoms with Crippen molar-refractivity contribution in [1.82, 2.24) is 0 Å². The summed E-state index contributed by atoms with van der Waals surface area (Å²) in [5, 5.41) is 20.7. The summed E-state index contributed by atoms with van der Waals surface area (Å²) in [6.45, 7) is 0.146. The zero-order valence-corrected chi connectivity index (χ0v) is 11.7. The summed E-state index contributed by atoms with van der Waals surface area (Å²) < 4.78 is 9.92. The van der Waals surface area contributed by atoms with E-state index in [-0.39, 0.29) is 17.9 Å². The van der Waals surface area contributed by atoms with Gasteiger partial charge in [0.1, 0.15) is 12.2 Å². The highest BCUT2D eigenvalue weighted by molar-refractivity contribution is 5.94. The molecule has 2 rings (SSSR count). The number of rotatable bonds is 5. The number of nitro groups is 1. The van der Waals surface area contributed by atoms with Gasteiger partial charge in [-0.2, -0.15) is 0 Å². The molecule has 22 heavy (non-hydrogen) atoms. The fraction of sp³-hybridized carbons (Fsp3) is 0.133. The van der Waals surface area contributed by atoms with Crippen molar-refractivity contribution in [3.63, 3.8) is 0 Å². The van der Waals surface area contributed by atoms with Gasteiger partial charge in [0.05, 0.1) is 18.1 Å². The Morgan fingerprint density at radius 3 is 2.55 bits per heavy atom. The Morgan fingerprint density at radius 1 is 1.27 bits per heavy atom. The van der Waals surface area contributed by atoms with Gasteiger partial charge in [-0.15, -0.1) is 0 Å². The first-order chi connectivity index (χ1) is 10.5. The Labute approximate surface area is 125 Å². The first-order valence-corrected chi connectivity index (χ1v) is 6.29. The summed E-state index contributed by atoms with van der Waals surface area (Å²) in [5.41, 5.74) is 0.0182. The van der Waals surface area contributed by atoms with Crippen LogP contribution in [0.3, 0.4) is 0 Å². The molecule has 1 N–H and O–H groups in total. The highest BCUT2D eigenvalue weighted by Crippen LogP contribution is 2.34. The highest BCUT2D eigenvalue weighted by atomic mass is 16.6. The number of hydrogen-bond donors (Lipinski definition) is 1. The lowest BCUT2D eigenvalue weighted by atomic mass is 10.1. The van der Waals surface area contributed by atoms with Crippen LogP contribution in [0.1, 0.15) is 15.9 Å². The van der Waals surface area contributed by atoms with Crippen LogP contribution >= 0.6 is 0 Å². The van der Waals surface area contributed by atoms with Crippen molar-refractivity contribution in [1.29, 1.82) is 0 Å². The van der Waals surface area contributed by atoms with Gasteiger partial charge >= 0.3 is 5.97 Å². The molecule has 0 aliphatic heterocycles. The van der Waals surface area contributed by atoms with Crippen LogP contribution in [0.25, 0.3) is 0 Å². The molecule has 0 heterocycles. The van der Waals surface area contributed by atoms with Crippen LogP contribution in [0.5, 0.6) is 11.5 Å². The Bertz CT molecular complexity index is 699. The minimum absolute atomic E-state index is 0.0325. The van der Waals surface area contributed by atoms with Crippen LogP contribution in [-0.4, -0.2) is 23.1 Å². The highest BCUT2D eigenvalue weighted by Gasteiger charge is 2.24. The first-order valence-electron chi connectivity index (χ1n) is 6.29. The quantitative estimate of drug-likeness (QED) is 0.518. The van der Waals surface area contributed by atoms with Crippen LogP contribution in [0.2, 0.25) is 0 Å². The monoisotopic (exact) mass is 303 g/mol. The predicted molar refractivity (Wildman–Crippen MR) is 76.9 cm³/mol. The lowest BCUT2D eigenvalue weighted by Crippen LogP contribution is -2.06. The number of phenolic OH excluding ortho intramolecular Hbond substituents is 1. The molecule has 0 unspecified atom stereocenters. The summed E-state index contributed by atoms with van der Waals surface area (Å²) in [7, 11) is 1.11. The van der Waals surface area contributed by atoms with E-state index in [9.17, 15) is 20.0 Å². The van der Waals surface area contributed by atoms with Crippen molar-refractivity contribution in [2.75, 3.05) is 7.11 Å². The van der Waals surface area contributed by atoms with Gasteiger partial charge in [-0.05, 0) is 5.56 Å². The molecule has 0 aromatic heterocycles. The number of aromatic hydroxyl groups is 1. The lowest BCUT2D eigenvalue weighted by Gasteiger charge is -2.10. The van der Waals surface area contributed by atoms with Crippen molar-refractivity contribution in [2.24, 2.45) is 0 Å². The molecular weight excluding hydrogens is 290 g/mol. The number of hydrogen-bond acceptors (Lipinski definition) is 6. The Balaban J connectivity index is 2.32. The second-order valence-electron chi connectivity index (χ2n) is 4.36. The van der Waals surface area contributed by atoms with Crippen LogP contribution in [0.4, 0.5) is 5.69 Å². The minimum atomic E-state index is -0.878. The topological polar surface area (TPSA) is 98.9 Å². The van der Waals surface area contributed by atoms with E-state index in [4.69, 9.17) is 4.74 Å². The number of benzene rings is 2. The standard InChI is InChI=1S/C15H13NO6/c1-21-15(18)11-7-14(13(17)8-12(11)16(19)20)22-9-10-5-3-2-4-6-10/h2-8,17H,9H2,1H3. The van der Waals surface area contributed by atoms with Crippen molar-refractivity contribution >= 4 is 11.7 Å². The second kappa shape index (κ2) is 6.57. The van der Waals surface area contributed by atoms with Gasteiger partial charge in [0, 0.05) is 6.07 Å². The van der Waals surface area contributed by atoms with Crippen LogP contribution in [0.15, 0.2) is 42.5 Å². The molecule has 0 aliphatic rings. The third kappa shape index (κ3) is 3.32. The summed E-state index contributed by atoms with van der Waals surface area (Å²) in [6.07, 6.45) is 0. The summed E-state index contributed by atoms with van der Waals surface area (Å²) >= 11 is 0. The molecule has 0 saturated heterocycles. The number of carbonyl (C=O) groups is 1. The molecular formula is C15H13NO6. The van der Waals surface area contributed by atoms with E-state index < -0.39 is 22.3 Å². The Hall–Kier alpha value is -3.09. The number of ether oxygens (including phenoxy) is 2. The number of carbonyl (C=O) groups excluding carboxylic acids is 1. The van der Waals surface area contributed by atoms with Gasteiger partial charge in [0.2, 0.25) is 0 Å². The summed E-state index contributed by atoms with van der Waals surface area (Å²) in [4.78, 5) is 21.8. The van der Waals surface area contributed by atoms with Gasteiger partial charge in [-0.1, -0.05) is 30.3 Å². The number of nitro benzene ring substituents is 1. The van der Waals surface area contributed by atoms with Crippen molar-refractivity contribution in [3.05, 3.63) is 63.7 Å². The normalized spacial score (nSPS) is 10.0. The zero-order chi connectivity index (χ0) is 16.1. The molecule has 7 nitrogen and oxygen atoms in total. The van der Waals surface area contributed by atoms with Crippen molar-refractivity contribution in [2.45, 2.75) is 6.61 Å². The number of esters is 1. The number of nitrogens with zero attached hydrogens (tertiary/aromatic N) is 1. The molecule has 0 radical (unpaired) electrons. The molecule has 2 aromatic rings. The van der Waals surface area contributed by atoms with E-state index >= 15 is 0 Å². The average Bonchev–Trinajstić information content (AvgIpc) is 2.53. The Kier molecular flexibility index (Phi) is 4.57. The maximum Gasteiger partial charge on any atom is 0.345 e. The van der Waals surface area contributed by atoms with Gasteiger partial charge in [0.15, 0.2) is 11.5 Å². The maximum absolute atomic E-state index is 11.6. The van der Waals surface area contributed by atoms with Crippen molar-refractivity contribution in [3.8, 4) is 11.5 Å². The fourth-order valence-electron chi connectivity index (χ4n) is 1.83. The van der Waals surface area contributed by atoms with Crippen molar-refractivity contribution < 1.29 is 24.3 Å². The number of methoxy groups -OCH3 is 1. The zero-order valence-electron chi connectivity index (χ0n) is 11.7. The third-order valence-corrected chi connectivity index (χ3v) is 2.92. The van der Waals surface area contributed by atoms with Gasteiger partial charge in [-0.3, -0.25) is 10.1 Å². The summed E-state index contributed by atoms with van der Waals surface area (Å²) in [5.74, 6) is -1.33. The smallest absolute Gasteiger partial charge is 0.345 e. The molecule has 0 bridgehead atoms. The molecule has 0 fully saturated rings. The largest absolute Gasteiger partial charge is 0.504 e. The number of phenols is 1. The van der Waals surface area contributed by atoms with Gasteiger partial charge in [-0.25, -0.2) is 4.79 Å². The van der Waals surface area contributed by atoms with Crippen LogP contribution < -0.4 is 4.74 Å². The first kappa shape index (κ1) is 15.3. The molecule has 7 heteroatoms. The van der Waals surface area contributed by atoms with E-state index in [0.29, 0.717) is 0 Å². The van der Waals surface area contributed by atoms with Gasteiger partial charge in [0.25, 0.3) is 5.69 Å². The second-order valence-corrected chi connectivity index (χ2v) is 4.36. The summed E-state index contributed by atoms with van der Waals surface area (Å²) in [6, 6.07) is 11.1. The van der Waals surface area contributed by atoms with E-state index in [1.807, 2.05) is 30.3 Å². The average molecular weight is 303 g/mol. The predicted octanol–water partition coefficient (Wildman–Crippen LogP) is 2.67. The maximum atomic E-state index is 11.6. The third-order valence-electron chi connectivity index (χ3n) is 2.92. The van der Waals surface area contributed by atoms with E-state index in [0.717, 1.165) is 24.8 Å².